The molecule has 112 valence electrons. The van der Waals surface area contributed by atoms with Crippen LogP contribution in [0.3, 0.4) is 0 Å². The minimum Gasteiger partial charge on any atom is -0.396 e. The molecule has 0 radical (unpaired) electrons. The van der Waals surface area contributed by atoms with E-state index in [-0.39, 0.29) is 29.9 Å². The van der Waals surface area contributed by atoms with Gasteiger partial charge in [0.15, 0.2) is 0 Å². The molecule has 0 saturated heterocycles. The Hall–Kier alpha value is -1.62. The van der Waals surface area contributed by atoms with Gasteiger partial charge in [-0.3, -0.25) is 0 Å². The van der Waals surface area contributed by atoms with Gasteiger partial charge in [0.1, 0.15) is 5.82 Å². The second-order valence-corrected chi connectivity index (χ2v) is 5.83. The van der Waals surface area contributed by atoms with Crippen LogP contribution in [0.25, 0.3) is 0 Å². The molecule has 2 amide bonds. The highest BCUT2D eigenvalue weighted by molar-refractivity contribution is 5.74. The predicted octanol–water partition coefficient (Wildman–Crippen LogP) is 2.59. The number of benzene rings is 1. The van der Waals surface area contributed by atoms with E-state index in [4.69, 9.17) is 5.11 Å². The van der Waals surface area contributed by atoms with Crippen molar-refractivity contribution in [3.63, 3.8) is 0 Å². The Balaban J connectivity index is 2.79. The van der Waals surface area contributed by atoms with Crippen molar-refractivity contribution in [2.45, 2.75) is 33.2 Å². The van der Waals surface area contributed by atoms with Crippen LogP contribution in [0.15, 0.2) is 24.3 Å². The Morgan fingerprint density at radius 2 is 2.10 bits per heavy atom. The van der Waals surface area contributed by atoms with E-state index >= 15 is 0 Å². The van der Waals surface area contributed by atoms with E-state index in [0.29, 0.717) is 13.0 Å². The van der Waals surface area contributed by atoms with Crippen LogP contribution < -0.4 is 10.6 Å². The summed E-state index contributed by atoms with van der Waals surface area (Å²) in [5.74, 6) is -0.320. The molecule has 0 aliphatic carbocycles. The number of carbonyl (C=O) groups is 1. The topological polar surface area (TPSA) is 61.4 Å². The number of amides is 2. The van der Waals surface area contributed by atoms with Gasteiger partial charge >= 0.3 is 6.03 Å². The Morgan fingerprint density at radius 1 is 1.40 bits per heavy atom. The lowest BCUT2D eigenvalue weighted by Crippen LogP contribution is -2.43. The fourth-order valence-corrected chi connectivity index (χ4v) is 1.95. The zero-order valence-electron chi connectivity index (χ0n) is 12.2. The molecule has 0 aliphatic heterocycles. The third-order valence-corrected chi connectivity index (χ3v) is 2.94. The normalized spacial score (nSPS) is 12.8. The molecule has 1 aromatic rings. The summed E-state index contributed by atoms with van der Waals surface area (Å²) in [7, 11) is 0. The van der Waals surface area contributed by atoms with Crippen LogP contribution in [0.1, 0.15) is 38.8 Å². The van der Waals surface area contributed by atoms with E-state index in [0.717, 1.165) is 5.56 Å². The van der Waals surface area contributed by atoms with Crippen molar-refractivity contribution in [3.05, 3.63) is 35.6 Å². The average Bonchev–Trinajstić information content (AvgIpc) is 2.35. The summed E-state index contributed by atoms with van der Waals surface area (Å²) >= 11 is 0. The van der Waals surface area contributed by atoms with Crippen molar-refractivity contribution in [2.75, 3.05) is 13.2 Å². The molecule has 3 N–H and O–H groups in total. The van der Waals surface area contributed by atoms with E-state index in [2.05, 4.69) is 10.6 Å². The largest absolute Gasteiger partial charge is 0.396 e. The number of rotatable bonds is 5. The molecule has 20 heavy (non-hydrogen) atoms. The fraction of sp³-hybridized carbons (Fsp3) is 0.533. The highest BCUT2D eigenvalue weighted by Gasteiger charge is 2.28. The lowest BCUT2D eigenvalue weighted by atomic mass is 9.82. The summed E-state index contributed by atoms with van der Waals surface area (Å²) in [6.45, 7) is 6.39. The van der Waals surface area contributed by atoms with E-state index in [1.807, 2.05) is 20.8 Å². The lowest BCUT2D eigenvalue weighted by molar-refractivity contribution is 0.216. The summed E-state index contributed by atoms with van der Waals surface area (Å²) in [6.07, 6.45) is 0.508. The molecule has 0 aliphatic rings. The van der Waals surface area contributed by atoms with Gasteiger partial charge in [-0.15, -0.1) is 0 Å². The lowest BCUT2D eigenvalue weighted by Gasteiger charge is -2.32. The summed E-state index contributed by atoms with van der Waals surface area (Å²) < 4.78 is 13.3. The molecule has 0 saturated carbocycles. The van der Waals surface area contributed by atoms with Gasteiger partial charge in [0, 0.05) is 13.2 Å². The van der Waals surface area contributed by atoms with Crippen LogP contribution >= 0.6 is 0 Å². The molecule has 1 atom stereocenters. The molecule has 0 aromatic heterocycles. The first-order valence-corrected chi connectivity index (χ1v) is 6.75. The Morgan fingerprint density at radius 3 is 2.65 bits per heavy atom. The van der Waals surface area contributed by atoms with Gasteiger partial charge in [-0.25, -0.2) is 9.18 Å². The second kappa shape index (κ2) is 7.24. The minimum atomic E-state index is -0.320. The van der Waals surface area contributed by atoms with Gasteiger partial charge < -0.3 is 15.7 Å². The van der Waals surface area contributed by atoms with Crippen LogP contribution in [0.5, 0.6) is 0 Å². The van der Waals surface area contributed by atoms with Gasteiger partial charge in [0.05, 0.1) is 6.04 Å². The van der Waals surface area contributed by atoms with Crippen molar-refractivity contribution >= 4 is 6.03 Å². The van der Waals surface area contributed by atoms with Crippen LogP contribution in [0.2, 0.25) is 0 Å². The third-order valence-electron chi connectivity index (χ3n) is 2.94. The molecule has 0 bridgehead atoms. The van der Waals surface area contributed by atoms with Gasteiger partial charge in [-0.1, -0.05) is 32.9 Å². The minimum absolute atomic E-state index is 0.0346. The Labute approximate surface area is 119 Å². The summed E-state index contributed by atoms with van der Waals surface area (Å²) in [5, 5.41) is 14.2. The van der Waals surface area contributed by atoms with Gasteiger partial charge in [-0.2, -0.15) is 0 Å². The van der Waals surface area contributed by atoms with E-state index < -0.39 is 0 Å². The maximum absolute atomic E-state index is 13.3. The standard InChI is InChI=1S/C15H23FN2O2/c1-15(2,3)13(11-6-4-7-12(16)10-11)18-14(20)17-8-5-9-19/h4,6-7,10,13,19H,5,8-9H2,1-3H3,(H2,17,18,20). The predicted molar refractivity (Wildman–Crippen MR) is 76.8 cm³/mol. The van der Waals surface area contributed by atoms with Crippen LogP contribution in [0.4, 0.5) is 9.18 Å². The Kier molecular flexibility index (Phi) is 5.95. The fourth-order valence-electron chi connectivity index (χ4n) is 1.95. The molecule has 4 nitrogen and oxygen atoms in total. The molecule has 0 heterocycles. The summed E-state index contributed by atoms with van der Waals surface area (Å²) in [4.78, 5) is 11.8. The van der Waals surface area contributed by atoms with E-state index in [1.54, 1.807) is 12.1 Å². The number of hydrogen-bond acceptors (Lipinski definition) is 2. The van der Waals surface area contributed by atoms with E-state index in [9.17, 15) is 9.18 Å². The molecule has 1 unspecified atom stereocenters. The quantitative estimate of drug-likeness (QED) is 0.727. The maximum atomic E-state index is 13.3. The van der Waals surface area contributed by atoms with Crippen molar-refractivity contribution in [2.24, 2.45) is 5.41 Å². The number of hydrogen-bond donors (Lipinski definition) is 3. The first kappa shape index (κ1) is 16.4. The first-order chi connectivity index (χ1) is 9.34. The average molecular weight is 282 g/mol. The maximum Gasteiger partial charge on any atom is 0.315 e. The molecule has 0 fully saturated rings. The zero-order chi connectivity index (χ0) is 15.2. The Bertz CT molecular complexity index is 444. The van der Waals surface area contributed by atoms with Gasteiger partial charge in [-0.05, 0) is 29.5 Å². The zero-order valence-corrected chi connectivity index (χ0v) is 12.2. The number of aliphatic hydroxyl groups excluding tert-OH is 1. The second-order valence-electron chi connectivity index (χ2n) is 5.83. The number of aliphatic hydroxyl groups is 1. The van der Waals surface area contributed by atoms with E-state index in [1.165, 1.54) is 12.1 Å². The summed E-state index contributed by atoms with van der Waals surface area (Å²) in [6, 6.07) is 5.63. The van der Waals surface area contributed by atoms with Crippen LogP contribution in [0, 0.1) is 11.2 Å². The smallest absolute Gasteiger partial charge is 0.315 e. The van der Waals surface area contributed by atoms with Gasteiger partial charge in [0.2, 0.25) is 0 Å². The number of urea groups is 1. The molecule has 0 spiro atoms. The van der Waals surface area contributed by atoms with Crippen molar-refractivity contribution < 1.29 is 14.3 Å². The third kappa shape index (κ3) is 5.17. The van der Waals surface area contributed by atoms with Crippen molar-refractivity contribution in [3.8, 4) is 0 Å². The van der Waals surface area contributed by atoms with Gasteiger partial charge in [0.25, 0.3) is 0 Å². The molecule has 1 rings (SSSR count). The highest BCUT2D eigenvalue weighted by atomic mass is 19.1. The summed E-state index contributed by atoms with van der Waals surface area (Å²) in [5.41, 5.74) is 0.483. The number of nitrogens with one attached hydrogen (secondary N) is 2. The monoisotopic (exact) mass is 282 g/mol. The van der Waals surface area contributed by atoms with Crippen LogP contribution in [-0.4, -0.2) is 24.3 Å². The molecular weight excluding hydrogens is 259 g/mol. The number of carbonyl (C=O) groups excluding carboxylic acids is 1. The first-order valence-electron chi connectivity index (χ1n) is 6.75. The van der Waals surface area contributed by atoms with Crippen molar-refractivity contribution in [1.82, 2.24) is 10.6 Å². The van der Waals surface area contributed by atoms with Crippen molar-refractivity contribution in [1.29, 1.82) is 0 Å². The van der Waals surface area contributed by atoms with Crippen LogP contribution in [-0.2, 0) is 0 Å². The number of halogens is 1. The SMILES string of the molecule is CC(C)(C)C(NC(=O)NCCCO)c1cccc(F)c1. The molecule has 1 aromatic carbocycles. The highest BCUT2D eigenvalue weighted by Crippen LogP contribution is 2.32. The molecular formula is C15H23FN2O2. The molecule has 5 heteroatoms.